The Labute approximate surface area is 123 Å². The van der Waals surface area contributed by atoms with Gasteiger partial charge in [0.1, 0.15) is 5.75 Å². The molecule has 112 valence electrons. The third-order valence-electron chi connectivity index (χ3n) is 4.40. The molecule has 2 rings (SSSR count). The Morgan fingerprint density at radius 3 is 2.90 bits per heavy atom. The minimum absolute atomic E-state index is 0.505. The van der Waals surface area contributed by atoms with Gasteiger partial charge in [-0.3, -0.25) is 0 Å². The number of aryl methyl sites for hydroxylation is 1. The zero-order valence-corrected chi connectivity index (χ0v) is 13.3. The Morgan fingerprint density at radius 1 is 1.40 bits per heavy atom. The topological polar surface area (TPSA) is 24.5 Å². The van der Waals surface area contributed by atoms with E-state index < -0.39 is 0 Å². The van der Waals surface area contributed by atoms with Gasteiger partial charge in [-0.05, 0) is 63.4 Å². The first-order valence-electron chi connectivity index (χ1n) is 7.72. The van der Waals surface area contributed by atoms with Crippen molar-refractivity contribution in [2.45, 2.75) is 45.2 Å². The maximum atomic E-state index is 5.33. The van der Waals surface area contributed by atoms with Crippen LogP contribution in [0.25, 0.3) is 0 Å². The van der Waals surface area contributed by atoms with E-state index >= 15 is 0 Å². The van der Waals surface area contributed by atoms with Gasteiger partial charge in [0.15, 0.2) is 0 Å². The third-order valence-corrected chi connectivity index (χ3v) is 4.40. The minimum atomic E-state index is 0.505. The molecule has 1 aromatic carbocycles. The molecule has 0 aliphatic heterocycles. The fourth-order valence-corrected chi connectivity index (χ4v) is 2.80. The largest absolute Gasteiger partial charge is 0.497 e. The highest BCUT2D eigenvalue weighted by Gasteiger charge is 2.20. The average molecular weight is 276 g/mol. The summed E-state index contributed by atoms with van der Waals surface area (Å²) in [7, 11) is 3.92. The number of likely N-dealkylation sites (N-methyl/N-ethyl adjacent to an activating group) is 1. The zero-order chi connectivity index (χ0) is 14.5. The van der Waals surface area contributed by atoms with Crippen LogP contribution in [0, 0.1) is 0 Å². The van der Waals surface area contributed by atoms with Crippen LogP contribution >= 0.6 is 0 Å². The first-order valence-corrected chi connectivity index (χ1v) is 7.72. The molecule has 1 aliphatic rings. The lowest BCUT2D eigenvalue weighted by Crippen LogP contribution is -2.36. The van der Waals surface area contributed by atoms with Crippen molar-refractivity contribution in [2.24, 2.45) is 0 Å². The smallest absolute Gasteiger partial charge is 0.119 e. The zero-order valence-electron chi connectivity index (χ0n) is 13.3. The van der Waals surface area contributed by atoms with Crippen LogP contribution in [0.5, 0.6) is 5.75 Å². The van der Waals surface area contributed by atoms with E-state index in [1.165, 1.54) is 30.4 Å². The Kier molecular flexibility index (Phi) is 5.44. The lowest BCUT2D eigenvalue weighted by molar-refractivity contribution is 0.266. The predicted molar refractivity (Wildman–Crippen MR) is 84.4 cm³/mol. The SMILES string of the molecule is COc1ccc2c(c1)CCCC2NCCN(C)C(C)C. The van der Waals surface area contributed by atoms with E-state index in [-0.39, 0.29) is 0 Å². The lowest BCUT2D eigenvalue weighted by atomic mass is 9.87. The van der Waals surface area contributed by atoms with Crippen LogP contribution < -0.4 is 10.1 Å². The van der Waals surface area contributed by atoms with Crippen molar-refractivity contribution in [3.8, 4) is 5.75 Å². The van der Waals surface area contributed by atoms with Gasteiger partial charge in [0.2, 0.25) is 0 Å². The van der Waals surface area contributed by atoms with Crippen LogP contribution in [0.15, 0.2) is 18.2 Å². The van der Waals surface area contributed by atoms with E-state index in [0.717, 1.165) is 18.8 Å². The Hall–Kier alpha value is -1.06. The summed E-state index contributed by atoms with van der Waals surface area (Å²) in [5, 5.41) is 3.72. The van der Waals surface area contributed by atoms with Gasteiger partial charge in [-0.1, -0.05) is 6.07 Å². The van der Waals surface area contributed by atoms with Gasteiger partial charge in [-0.2, -0.15) is 0 Å². The van der Waals surface area contributed by atoms with Crippen molar-refractivity contribution in [1.29, 1.82) is 0 Å². The normalized spacial score (nSPS) is 18.4. The monoisotopic (exact) mass is 276 g/mol. The maximum absolute atomic E-state index is 5.33. The fraction of sp³-hybridized carbons (Fsp3) is 0.647. The number of nitrogens with one attached hydrogen (secondary N) is 1. The fourth-order valence-electron chi connectivity index (χ4n) is 2.80. The van der Waals surface area contributed by atoms with Crippen molar-refractivity contribution in [2.75, 3.05) is 27.2 Å². The van der Waals surface area contributed by atoms with E-state index in [0.29, 0.717) is 12.1 Å². The molecule has 0 radical (unpaired) electrons. The summed E-state index contributed by atoms with van der Waals surface area (Å²) in [5.41, 5.74) is 2.91. The molecule has 1 N–H and O–H groups in total. The summed E-state index contributed by atoms with van der Waals surface area (Å²) in [6.07, 6.45) is 3.68. The number of benzene rings is 1. The number of methoxy groups -OCH3 is 1. The molecule has 0 bridgehead atoms. The molecule has 0 saturated heterocycles. The summed E-state index contributed by atoms with van der Waals surface area (Å²) in [4.78, 5) is 2.38. The molecule has 0 saturated carbocycles. The number of rotatable bonds is 6. The molecule has 0 heterocycles. The van der Waals surface area contributed by atoms with Gasteiger partial charge in [-0.15, -0.1) is 0 Å². The molecule has 0 amide bonds. The molecule has 1 atom stereocenters. The van der Waals surface area contributed by atoms with Gasteiger partial charge in [0, 0.05) is 25.2 Å². The second kappa shape index (κ2) is 7.09. The number of fused-ring (bicyclic) bond motifs is 1. The summed E-state index contributed by atoms with van der Waals surface area (Å²) in [6, 6.07) is 7.63. The molecule has 3 heteroatoms. The highest BCUT2D eigenvalue weighted by molar-refractivity contribution is 5.39. The van der Waals surface area contributed by atoms with Crippen LogP contribution in [-0.4, -0.2) is 38.2 Å². The van der Waals surface area contributed by atoms with Crippen molar-refractivity contribution < 1.29 is 4.74 Å². The van der Waals surface area contributed by atoms with Gasteiger partial charge in [0.05, 0.1) is 7.11 Å². The van der Waals surface area contributed by atoms with Crippen molar-refractivity contribution in [1.82, 2.24) is 10.2 Å². The molecule has 1 aliphatic carbocycles. The van der Waals surface area contributed by atoms with Crippen molar-refractivity contribution in [3.63, 3.8) is 0 Å². The first-order chi connectivity index (χ1) is 9.61. The van der Waals surface area contributed by atoms with E-state index in [1.807, 2.05) is 0 Å². The van der Waals surface area contributed by atoms with E-state index in [9.17, 15) is 0 Å². The number of nitrogens with zero attached hydrogens (tertiary/aromatic N) is 1. The number of ether oxygens (including phenoxy) is 1. The van der Waals surface area contributed by atoms with Crippen LogP contribution in [0.1, 0.15) is 43.9 Å². The highest BCUT2D eigenvalue weighted by atomic mass is 16.5. The maximum Gasteiger partial charge on any atom is 0.119 e. The standard InChI is InChI=1S/C17H28N2O/c1-13(2)19(3)11-10-18-17-7-5-6-14-12-15(20-4)8-9-16(14)17/h8-9,12-13,17-18H,5-7,10-11H2,1-4H3. The molecular weight excluding hydrogens is 248 g/mol. The summed E-state index contributed by atoms with van der Waals surface area (Å²) in [5.74, 6) is 0.976. The van der Waals surface area contributed by atoms with Crippen molar-refractivity contribution in [3.05, 3.63) is 29.3 Å². The second-order valence-corrected chi connectivity index (χ2v) is 6.04. The van der Waals surface area contributed by atoms with E-state index in [1.54, 1.807) is 7.11 Å². The van der Waals surface area contributed by atoms with Crippen LogP contribution in [0.4, 0.5) is 0 Å². The number of hydrogen-bond acceptors (Lipinski definition) is 3. The number of hydrogen-bond donors (Lipinski definition) is 1. The van der Waals surface area contributed by atoms with Crippen LogP contribution in [0.2, 0.25) is 0 Å². The molecule has 1 aromatic rings. The molecule has 0 aromatic heterocycles. The average Bonchev–Trinajstić information content (AvgIpc) is 2.46. The van der Waals surface area contributed by atoms with Gasteiger partial charge >= 0.3 is 0 Å². The Bertz CT molecular complexity index is 431. The van der Waals surface area contributed by atoms with E-state index in [2.05, 4.69) is 49.3 Å². The molecular formula is C17H28N2O. The van der Waals surface area contributed by atoms with Crippen LogP contribution in [-0.2, 0) is 6.42 Å². The van der Waals surface area contributed by atoms with Gasteiger partial charge in [-0.25, -0.2) is 0 Å². The highest BCUT2D eigenvalue weighted by Crippen LogP contribution is 2.31. The summed E-state index contributed by atoms with van der Waals surface area (Å²) >= 11 is 0. The molecule has 0 fully saturated rings. The minimum Gasteiger partial charge on any atom is -0.497 e. The van der Waals surface area contributed by atoms with E-state index in [4.69, 9.17) is 4.74 Å². The first kappa shape index (κ1) is 15.3. The molecule has 0 spiro atoms. The van der Waals surface area contributed by atoms with Gasteiger partial charge < -0.3 is 15.0 Å². The van der Waals surface area contributed by atoms with Gasteiger partial charge in [0.25, 0.3) is 0 Å². The molecule has 3 nitrogen and oxygen atoms in total. The second-order valence-electron chi connectivity index (χ2n) is 6.04. The summed E-state index contributed by atoms with van der Waals surface area (Å²) < 4.78 is 5.33. The quantitative estimate of drug-likeness (QED) is 0.864. The predicted octanol–water partition coefficient (Wildman–Crippen LogP) is 3.00. The van der Waals surface area contributed by atoms with Crippen molar-refractivity contribution >= 4 is 0 Å². The Morgan fingerprint density at radius 2 is 2.20 bits per heavy atom. The third kappa shape index (κ3) is 3.74. The molecule has 1 unspecified atom stereocenters. The van der Waals surface area contributed by atoms with Crippen LogP contribution in [0.3, 0.4) is 0 Å². The Balaban J connectivity index is 1.95. The lowest BCUT2D eigenvalue weighted by Gasteiger charge is -2.28. The summed E-state index contributed by atoms with van der Waals surface area (Å²) in [6.45, 7) is 6.62. The molecule has 20 heavy (non-hydrogen) atoms.